The Morgan fingerprint density at radius 3 is 2.93 bits per heavy atom. The number of benzene rings is 1. The largest absolute Gasteiger partial charge is 0.394 e. The van der Waals surface area contributed by atoms with Crippen LogP contribution in [0.3, 0.4) is 0 Å². The van der Waals surface area contributed by atoms with Crippen LogP contribution in [0.2, 0.25) is 0 Å². The highest BCUT2D eigenvalue weighted by molar-refractivity contribution is 7.11. The van der Waals surface area contributed by atoms with Crippen molar-refractivity contribution in [1.29, 1.82) is 5.26 Å². The lowest BCUT2D eigenvalue weighted by molar-refractivity contribution is 0.127. The van der Waals surface area contributed by atoms with E-state index in [0.717, 1.165) is 45.0 Å². The summed E-state index contributed by atoms with van der Waals surface area (Å²) in [6.45, 7) is 1.37. The molecule has 0 fully saturated rings. The number of hydrogen-bond acceptors (Lipinski definition) is 6. The molecule has 0 atom stereocenters. The lowest BCUT2D eigenvalue weighted by Crippen LogP contribution is -2.16. The number of nitrogens with zero attached hydrogens (tertiary/aromatic N) is 5. The van der Waals surface area contributed by atoms with Crippen molar-refractivity contribution < 1.29 is 4.84 Å². The van der Waals surface area contributed by atoms with E-state index in [9.17, 15) is 5.26 Å². The molecule has 0 aliphatic carbocycles. The number of fused-ring (bicyclic) bond motifs is 1. The molecule has 7 heteroatoms. The van der Waals surface area contributed by atoms with Crippen LogP contribution in [-0.4, -0.2) is 47.7 Å². The summed E-state index contributed by atoms with van der Waals surface area (Å²) in [6, 6.07) is 16.4. The van der Waals surface area contributed by atoms with Crippen LogP contribution >= 0.6 is 11.3 Å². The smallest absolute Gasteiger partial charge is 0.137 e. The van der Waals surface area contributed by atoms with Crippen LogP contribution in [0.5, 0.6) is 0 Å². The van der Waals surface area contributed by atoms with Gasteiger partial charge in [0.15, 0.2) is 0 Å². The van der Waals surface area contributed by atoms with E-state index in [1.54, 1.807) is 6.21 Å². The lowest BCUT2D eigenvalue weighted by atomic mass is 10.0. The molecule has 0 spiro atoms. The van der Waals surface area contributed by atoms with Gasteiger partial charge in [0.05, 0.1) is 18.1 Å². The van der Waals surface area contributed by atoms with Crippen LogP contribution in [-0.2, 0) is 4.84 Å². The maximum atomic E-state index is 9.33. The molecule has 6 nitrogen and oxygen atoms in total. The lowest BCUT2D eigenvalue weighted by Gasteiger charge is -2.07. The Morgan fingerprint density at radius 1 is 1.23 bits per heavy atom. The molecule has 4 rings (SSSR count). The molecule has 3 aromatic heterocycles. The van der Waals surface area contributed by atoms with Crippen molar-refractivity contribution in [2.24, 2.45) is 5.16 Å². The molecule has 0 bridgehead atoms. The summed E-state index contributed by atoms with van der Waals surface area (Å²) in [7, 11) is 3.99. The summed E-state index contributed by atoms with van der Waals surface area (Å²) in [6.07, 6.45) is 5.54. The minimum atomic E-state index is 0.549. The average Bonchev–Trinajstić information content (AvgIpc) is 3.40. The van der Waals surface area contributed by atoms with Crippen molar-refractivity contribution in [2.75, 3.05) is 27.2 Å². The van der Waals surface area contributed by atoms with Crippen molar-refractivity contribution in [1.82, 2.24) is 14.3 Å². The van der Waals surface area contributed by atoms with E-state index in [-0.39, 0.29) is 0 Å². The molecule has 0 radical (unpaired) electrons. The van der Waals surface area contributed by atoms with E-state index in [0.29, 0.717) is 6.61 Å². The number of rotatable bonds is 7. The molecule has 0 aliphatic rings. The van der Waals surface area contributed by atoms with E-state index in [1.807, 2.05) is 71.5 Å². The third-order valence-corrected chi connectivity index (χ3v) is 5.50. The van der Waals surface area contributed by atoms with E-state index >= 15 is 0 Å². The minimum Gasteiger partial charge on any atom is -0.394 e. The van der Waals surface area contributed by atoms with Crippen LogP contribution in [0.25, 0.3) is 28.0 Å². The van der Waals surface area contributed by atoms with Gasteiger partial charge in [0.2, 0.25) is 0 Å². The van der Waals surface area contributed by atoms with Crippen molar-refractivity contribution in [3.05, 3.63) is 70.7 Å². The number of nitriles is 1. The molecular weight excluding hydrogens is 394 g/mol. The first kappa shape index (κ1) is 19.8. The predicted molar refractivity (Wildman–Crippen MR) is 121 cm³/mol. The maximum absolute atomic E-state index is 9.33. The normalized spacial score (nSPS) is 11.4. The van der Waals surface area contributed by atoms with E-state index in [1.165, 1.54) is 11.3 Å². The summed E-state index contributed by atoms with van der Waals surface area (Å²) in [5.41, 5.74) is 5.79. The zero-order valence-corrected chi connectivity index (χ0v) is 17.6. The molecule has 0 N–H and O–H groups in total. The van der Waals surface area contributed by atoms with Gasteiger partial charge in [-0.25, -0.2) is 4.98 Å². The highest BCUT2D eigenvalue weighted by Gasteiger charge is 2.10. The zero-order valence-electron chi connectivity index (χ0n) is 16.8. The van der Waals surface area contributed by atoms with Gasteiger partial charge in [-0.2, -0.15) is 5.26 Å². The highest BCUT2D eigenvalue weighted by atomic mass is 32.1. The van der Waals surface area contributed by atoms with Crippen molar-refractivity contribution in [3.8, 4) is 28.5 Å². The number of thiophene rings is 1. The number of likely N-dealkylation sites (N-methyl/N-ethyl adjacent to an activating group) is 1. The third kappa shape index (κ3) is 4.25. The standard InChI is InChI=1S/C23H21N5OS/c1-27(2)9-10-29-26-15-17-6-8-28-21(16-25-23(28)12-17)19-5-3-4-18(13-19)20-7-11-30-22(20)14-24/h3-8,11-13,15-16H,9-10H2,1-2H3. The van der Waals surface area contributed by atoms with Crippen LogP contribution in [0.1, 0.15) is 10.4 Å². The Labute approximate surface area is 179 Å². The number of hydrogen-bond donors (Lipinski definition) is 0. The Balaban J connectivity index is 1.58. The molecule has 0 saturated heterocycles. The van der Waals surface area contributed by atoms with Gasteiger partial charge in [-0.1, -0.05) is 23.4 Å². The third-order valence-electron chi connectivity index (χ3n) is 4.68. The second kappa shape index (κ2) is 8.91. The van der Waals surface area contributed by atoms with E-state index < -0.39 is 0 Å². The van der Waals surface area contributed by atoms with Gasteiger partial charge in [-0.3, -0.25) is 4.40 Å². The Morgan fingerprint density at radius 2 is 2.10 bits per heavy atom. The van der Waals surface area contributed by atoms with Crippen molar-refractivity contribution in [2.45, 2.75) is 0 Å². The minimum absolute atomic E-state index is 0.549. The SMILES string of the molecule is CN(C)CCON=Cc1ccn2c(-c3cccc(-c4ccsc4C#N)c3)cnc2c1. The molecule has 0 aliphatic heterocycles. The first-order valence-electron chi connectivity index (χ1n) is 9.51. The summed E-state index contributed by atoms with van der Waals surface area (Å²) in [4.78, 5) is 12.6. The van der Waals surface area contributed by atoms with E-state index in [4.69, 9.17) is 4.84 Å². The number of oxime groups is 1. The molecule has 30 heavy (non-hydrogen) atoms. The second-order valence-corrected chi connectivity index (χ2v) is 7.97. The number of imidazole rings is 1. The summed E-state index contributed by atoms with van der Waals surface area (Å²) < 4.78 is 2.04. The molecular formula is C23H21N5OS. The average molecular weight is 416 g/mol. The zero-order chi connectivity index (χ0) is 20.9. The topological polar surface area (TPSA) is 65.9 Å². The Hall–Kier alpha value is -3.47. The van der Waals surface area contributed by atoms with Crippen molar-refractivity contribution >= 4 is 23.2 Å². The number of pyridine rings is 1. The Kier molecular flexibility index (Phi) is 5.89. The fraction of sp³-hybridized carbons (Fsp3) is 0.174. The monoisotopic (exact) mass is 415 g/mol. The van der Waals surface area contributed by atoms with Crippen LogP contribution in [0, 0.1) is 11.3 Å². The van der Waals surface area contributed by atoms with Gasteiger partial charge < -0.3 is 9.74 Å². The maximum Gasteiger partial charge on any atom is 0.137 e. The molecule has 150 valence electrons. The van der Waals surface area contributed by atoms with Crippen LogP contribution in [0.4, 0.5) is 0 Å². The summed E-state index contributed by atoms with van der Waals surface area (Å²) in [5.74, 6) is 0. The molecule has 3 heterocycles. The summed E-state index contributed by atoms with van der Waals surface area (Å²) in [5, 5.41) is 15.3. The van der Waals surface area contributed by atoms with Gasteiger partial charge in [-0.05, 0) is 49.3 Å². The molecule has 0 saturated carbocycles. The fourth-order valence-electron chi connectivity index (χ4n) is 3.13. The van der Waals surface area contributed by atoms with Gasteiger partial charge in [0.25, 0.3) is 0 Å². The molecule has 4 aromatic rings. The summed E-state index contributed by atoms with van der Waals surface area (Å²) >= 11 is 1.46. The van der Waals surface area contributed by atoms with E-state index in [2.05, 4.69) is 28.3 Å². The van der Waals surface area contributed by atoms with Gasteiger partial charge in [0.1, 0.15) is 23.2 Å². The first-order valence-corrected chi connectivity index (χ1v) is 10.4. The van der Waals surface area contributed by atoms with Gasteiger partial charge >= 0.3 is 0 Å². The Bertz CT molecular complexity index is 1230. The van der Waals surface area contributed by atoms with Gasteiger partial charge in [-0.15, -0.1) is 11.3 Å². The highest BCUT2D eigenvalue weighted by Crippen LogP contribution is 2.31. The van der Waals surface area contributed by atoms with Crippen LogP contribution in [0.15, 0.2) is 65.4 Å². The second-order valence-electron chi connectivity index (χ2n) is 7.06. The first-order chi connectivity index (χ1) is 14.7. The van der Waals surface area contributed by atoms with Crippen molar-refractivity contribution in [3.63, 3.8) is 0 Å². The van der Waals surface area contributed by atoms with Crippen LogP contribution < -0.4 is 0 Å². The quantitative estimate of drug-likeness (QED) is 0.253. The number of aromatic nitrogens is 2. The van der Waals surface area contributed by atoms with Gasteiger partial charge in [0, 0.05) is 29.4 Å². The molecule has 1 aromatic carbocycles. The predicted octanol–water partition coefficient (Wildman–Crippen LogP) is 4.51. The molecule has 0 unspecified atom stereocenters. The fourth-order valence-corrected chi connectivity index (χ4v) is 3.84. The molecule has 0 amide bonds.